The van der Waals surface area contributed by atoms with Gasteiger partial charge in [0.05, 0.1) is 19.1 Å². The minimum absolute atomic E-state index is 0.0704. The second-order valence-corrected chi connectivity index (χ2v) is 11.6. The molecule has 0 spiro atoms. The number of carbonyl (C=O) groups excluding carboxylic acids is 2. The third-order valence-corrected chi connectivity index (χ3v) is 8.19. The van der Waals surface area contributed by atoms with Crippen molar-refractivity contribution in [1.82, 2.24) is 15.3 Å². The maximum absolute atomic E-state index is 13.8. The second-order valence-electron chi connectivity index (χ2n) is 11.6. The molecular weight excluding hydrogens is 653 g/mol. The topological polar surface area (TPSA) is 144 Å². The van der Waals surface area contributed by atoms with Crippen LogP contribution in [0.2, 0.25) is 0 Å². The molecule has 0 bridgehead atoms. The number of hydrogen-bond acceptors (Lipinski definition) is 9. The number of nitrogens with zero attached hydrogens (tertiary/aromatic N) is 2. The lowest BCUT2D eigenvalue weighted by atomic mass is 9.83. The number of esters is 1. The number of benzene rings is 3. The number of ether oxygens (including phenoxy) is 1. The molecule has 6 rings (SSSR count). The number of Topliss-reactive ketones (excluding diaryl/α,β-unsaturated/α-hetero) is 1. The molecule has 3 aromatic carbocycles. The molecule has 0 saturated heterocycles. The maximum Gasteiger partial charge on any atom is 0.490 e. The zero-order chi connectivity index (χ0) is 35.8. The van der Waals surface area contributed by atoms with Gasteiger partial charge in [0.1, 0.15) is 5.52 Å². The first-order chi connectivity index (χ1) is 23.9. The fourth-order valence-corrected chi connectivity index (χ4v) is 5.75. The molecule has 0 fully saturated rings. The predicted octanol–water partition coefficient (Wildman–Crippen LogP) is 6.99. The quantitative estimate of drug-likeness (QED) is 0.131. The molecule has 13 heteroatoms. The molecule has 10 nitrogen and oxygen atoms in total. The summed E-state index contributed by atoms with van der Waals surface area (Å²) in [5.74, 6) is -3.15. The molecule has 2 atom stereocenters. The van der Waals surface area contributed by atoms with E-state index in [1.54, 1.807) is 12.4 Å². The van der Waals surface area contributed by atoms with Gasteiger partial charge >= 0.3 is 18.1 Å². The number of rotatable bonds is 10. The summed E-state index contributed by atoms with van der Waals surface area (Å²) < 4.78 is 43.0. The number of aliphatic carboxylic acids is 1. The Morgan fingerprint density at radius 1 is 1.04 bits per heavy atom. The fraction of sp³-hybridized carbons (Fsp3) is 0.270. The van der Waals surface area contributed by atoms with Crippen LogP contribution < -0.4 is 10.6 Å². The summed E-state index contributed by atoms with van der Waals surface area (Å²) in [5.41, 5.74) is 8.28. The van der Waals surface area contributed by atoms with Crippen LogP contribution in [0.4, 0.5) is 24.9 Å². The molecule has 0 saturated carbocycles. The lowest BCUT2D eigenvalue weighted by Crippen LogP contribution is -2.36. The number of carboxylic acid groups (broad SMARTS) is 1. The van der Waals surface area contributed by atoms with Gasteiger partial charge in [-0.1, -0.05) is 42.5 Å². The van der Waals surface area contributed by atoms with Crippen molar-refractivity contribution in [3.05, 3.63) is 119 Å². The SMILES string of the molecule is CCOC(=O)CC(c1ccncc1)c1ccc2c(c1)C(C(=O)Cc1ccc3nc(Nc4ccccc4C)oc3c1)NCC2.O=C(O)C(F)(F)F. The van der Waals surface area contributed by atoms with E-state index in [2.05, 4.69) is 38.8 Å². The average Bonchev–Trinajstić information content (AvgIpc) is 3.49. The summed E-state index contributed by atoms with van der Waals surface area (Å²) in [6, 6.07) is 23.7. The molecular formula is C37H35F3N4O6. The van der Waals surface area contributed by atoms with E-state index in [4.69, 9.17) is 19.1 Å². The Balaban J connectivity index is 0.000000630. The molecule has 0 aliphatic carbocycles. The first kappa shape index (κ1) is 35.7. The van der Waals surface area contributed by atoms with Crippen molar-refractivity contribution in [1.29, 1.82) is 0 Å². The molecule has 0 radical (unpaired) electrons. The number of anilines is 2. The lowest BCUT2D eigenvalue weighted by molar-refractivity contribution is -0.192. The highest BCUT2D eigenvalue weighted by molar-refractivity contribution is 5.89. The molecule has 1 aliphatic rings. The molecule has 50 heavy (non-hydrogen) atoms. The van der Waals surface area contributed by atoms with Crippen LogP contribution in [0.15, 0.2) is 89.6 Å². The summed E-state index contributed by atoms with van der Waals surface area (Å²) >= 11 is 0. The zero-order valence-corrected chi connectivity index (χ0v) is 27.3. The molecule has 2 unspecified atom stereocenters. The number of fused-ring (bicyclic) bond motifs is 2. The number of pyridine rings is 1. The van der Waals surface area contributed by atoms with E-state index in [0.29, 0.717) is 24.7 Å². The number of halogens is 3. The highest BCUT2D eigenvalue weighted by atomic mass is 19.4. The Morgan fingerprint density at radius 3 is 2.48 bits per heavy atom. The van der Waals surface area contributed by atoms with Crippen molar-refractivity contribution in [2.45, 2.75) is 51.2 Å². The normalized spacial score (nSPS) is 14.5. The molecule has 5 aromatic rings. The van der Waals surface area contributed by atoms with Gasteiger partial charge in [-0.25, -0.2) is 4.79 Å². The number of aromatic nitrogens is 2. The van der Waals surface area contributed by atoms with Gasteiger partial charge in [0.2, 0.25) is 0 Å². The van der Waals surface area contributed by atoms with Crippen LogP contribution in [0.5, 0.6) is 0 Å². The molecule has 260 valence electrons. The van der Waals surface area contributed by atoms with Crippen LogP contribution in [0.1, 0.15) is 58.7 Å². The average molecular weight is 689 g/mol. The molecule has 3 heterocycles. The van der Waals surface area contributed by atoms with Crippen LogP contribution in [-0.2, 0) is 32.0 Å². The third kappa shape index (κ3) is 8.91. The van der Waals surface area contributed by atoms with E-state index in [1.165, 1.54) is 0 Å². The minimum atomic E-state index is -5.08. The number of carbonyl (C=O) groups is 3. The summed E-state index contributed by atoms with van der Waals surface area (Å²) in [6.45, 7) is 4.88. The number of aryl methyl sites for hydroxylation is 1. The summed E-state index contributed by atoms with van der Waals surface area (Å²) in [7, 11) is 0. The van der Waals surface area contributed by atoms with Crippen molar-refractivity contribution in [2.24, 2.45) is 0 Å². The second kappa shape index (κ2) is 15.8. The van der Waals surface area contributed by atoms with Crippen LogP contribution >= 0.6 is 0 Å². The van der Waals surface area contributed by atoms with E-state index < -0.39 is 18.2 Å². The van der Waals surface area contributed by atoms with E-state index >= 15 is 0 Å². The van der Waals surface area contributed by atoms with E-state index in [1.807, 2.05) is 68.4 Å². The van der Waals surface area contributed by atoms with Gasteiger partial charge in [0, 0.05) is 37.0 Å². The Kier molecular flexibility index (Phi) is 11.3. The number of oxazole rings is 1. The van der Waals surface area contributed by atoms with E-state index in [0.717, 1.165) is 51.0 Å². The van der Waals surface area contributed by atoms with Gasteiger partial charge in [-0.3, -0.25) is 14.6 Å². The predicted molar refractivity (Wildman–Crippen MR) is 179 cm³/mol. The summed E-state index contributed by atoms with van der Waals surface area (Å²) in [5, 5.41) is 13.8. The Morgan fingerprint density at radius 2 is 1.78 bits per heavy atom. The Hall–Kier alpha value is -5.56. The number of carboxylic acids is 1. The zero-order valence-electron chi connectivity index (χ0n) is 27.3. The van der Waals surface area contributed by atoms with Gasteiger partial charge < -0.3 is 24.9 Å². The highest BCUT2D eigenvalue weighted by Crippen LogP contribution is 2.34. The first-order valence-corrected chi connectivity index (χ1v) is 15.9. The number of alkyl halides is 3. The van der Waals surface area contributed by atoms with Crippen molar-refractivity contribution >= 4 is 40.5 Å². The lowest BCUT2D eigenvalue weighted by Gasteiger charge is -2.28. The van der Waals surface area contributed by atoms with Gasteiger partial charge in [0.25, 0.3) is 6.01 Å². The van der Waals surface area contributed by atoms with Gasteiger partial charge in [-0.2, -0.15) is 18.2 Å². The van der Waals surface area contributed by atoms with Crippen LogP contribution in [0.25, 0.3) is 11.1 Å². The summed E-state index contributed by atoms with van der Waals surface area (Å²) in [4.78, 5) is 43.9. The standard InChI is InChI=1S/C35H34N4O4.C2HF3O2/c1-3-42-33(41)21-27(25-12-15-36-16-13-25)26-10-9-24-14-17-37-34(28(24)20-26)31(40)18-23-8-11-30-32(19-23)43-35(39-30)38-29-7-5-4-6-22(29)2;3-2(4,5)1(6)7/h4-13,15-16,19-20,27,34,37H,3,14,17-18,21H2,1-2H3,(H,38,39);(H,6,7). The number of hydrogen-bond donors (Lipinski definition) is 3. The molecule has 3 N–H and O–H groups in total. The molecule has 1 aliphatic heterocycles. The van der Waals surface area contributed by atoms with Crippen LogP contribution in [0.3, 0.4) is 0 Å². The van der Waals surface area contributed by atoms with Crippen molar-refractivity contribution < 1.29 is 41.8 Å². The monoisotopic (exact) mass is 688 g/mol. The highest BCUT2D eigenvalue weighted by Gasteiger charge is 2.38. The molecule has 2 aromatic heterocycles. The van der Waals surface area contributed by atoms with Crippen LogP contribution in [0, 0.1) is 6.92 Å². The maximum atomic E-state index is 13.8. The van der Waals surface area contributed by atoms with Gasteiger partial charge in [0.15, 0.2) is 11.4 Å². The number of nitrogens with one attached hydrogen (secondary N) is 2. The molecule has 0 amide bonds. The van der Waals surface area contributed by atoms with Gasteiger partial charge in [-0.05, 0) is 84.0 Å². The smallest absolute Gasteiger partial charge is 0.475 e. The number of para-hydroxylation sites is 1. The van der Waals surface area contributed by atoms with E-state index in [9.17, 15) is 22.8 Å². The summed E-state index contributed by atoms with van der Waals surface area (Å²) in [6.07, 6.45) is -0.340. The van der Waals surface area contributed by atoms with E-state index in [-0.39, 0.29) is 30.5 Å². The van der Waals surface area contributed by atoms with Gasteiger partial charge in [-0.15, -0.1) is 0 Å². The Bertz CT molecular complexity index is 1980. The van der Waals surface area contributed by atoms with Crippen molar-refractivity contribution in [2.75, 3.05) is 18.5 Å². The largest absolute Gasteiger partial charge is 0.490 e. The Labute approximate surface area is 285 Å². The third-order valence-electron chi connectivity index (χ3n) is 8.19. The number of ketones is 1. The van der Waals surface area contributed by atoms with Crippen molar-refractivity contribution in [3.8, 4) is 0 Å². The van der Waals surface area contributed by atoms with Crippen molar-refractivity contribution in [3.63, 3.8) is 0 Å². The minimum Gasteiger partial charge on any atom is -0.475 e. The van der Waals surface area contributed by atoms with Crippen LogP contribution in [-0.4, -0.2) is 52.1 Å². The first-order valence-electron chi connectivity index (χ1n) is 15.9. The fourth-order valence-electron chi connectivity index (χ4n) is 5.75.